The van der Waals surface area contributed by atoms with Crippen LogP contribution in [0.25, 0.3) is 0 Å². The molecule has 4 N–H and O–H groups in total. The summed E-state index contributed by atoms with van der Waals surface area (Å²) in [4.78, 5) is 22.0. The summed E-state index contributed by atoms with van der Waals surface area (Å²) in [5.74, 6) is -1.80. The maximum Gasteiger partial charge on any atom is 0.339 e. The Morgan fingerprint density at radius 2 is 2.05 bits per heavy atom. The molecular weight excluding hydrogens is 268 g/mol. The highest BCUT2D eigenvalue weighted by Crippen LogP contribution is 2.21. The van der Waals surface area contributed by atoms with Crippen molar-refractivity contribution in [3.05, 3.63) is 23.8 Å². The third kappa shape index (κ3) is 4.55. The van der Waals surface area contributed by atoms with E-state index in [0.717, 1.165) is 0 Å². The number of anilines is 1. The number of nitrogens with one attached hydrogen (secondary N) is 2. The van der Waals surface area contributed by atoms with E-state index in [1.807, 2.05) is 6.92 Å². The molecule has 1 amide bonds. The Kier molecular flexibility index (Phi) is 5.25. The van der Waals surface area contributed by atoms with Gasteiger partial charge in [-0.3, -0.25) is 4.79 Å². The van der Waals surface area contributed by atoms with Crippen molar-refractivity contribution in [2.24, 2.45) is 0 Å². The maximum atomic E-state index is 11.3. The molecule has 1 aromatic rings. The molecule has 0 aromatic heterocycles. The SMILES string of the molecule is CCCC(=O)NC(=S)Nc1ccc(C(=O)O)c(O)c1. The topological polar surface area (TPSA) is 98.7 Å². The predicted molar refractivity (Wildman–Crippen MR) is 74.3 cm³/mol. The summed E-state index contributed by atoms with van der Waals surface area (Å²) in [6.45, 7) is 1.87. The van der Waals surface area contributed by atoms with E-state index in [9.17, 15) is 14.7 Å². The number of thiocarbonyl (C=S) groups is 1. The minimum absolute atomic E-state index is 0.0981. The molecule has 0 saturated heterocycles. The molecule has 0 unspecified atom stereocenters. The van der Waals surface area contributed by atoms with Crippen molar-refractivity contribution in [3.8, 4) is 5.75 Å². The van der Waals surface area contributed by atoms with Gasteiger partial charge in [0, 0.05) is 18.2 Å². The number of benzene rings is 1. The molecule has 0 aliphatic rings. The molecule has 102 valence electrons. The lowest BCUT2D eigenvalue weighted by Crippen LogP contribution is -2.33. The summed E-state index contributed by atoms with van der Waals surface area (Å²) < 4.78 is 0. The Hall–Kier alpha value is -2.15. The Morgan fingerprint density at radius 1 is 1.37 bits per heavy atom. The first-order valence-corrected chi connectivity index (χ1v) is 6.02. The second-order valence-electron chi connectivity index (χ2n) is 3.79. The standard InChI is InChI=1S/C12H14N2O4S/c1-2-3-10(16)14-12(19)13-7-4-5-8(11(17)18)9(15)6-7/h4-6,15H,2-3H2,1H3,(H,17,18)(H2,13,14,16,19). The third-order valence-electron chi connectivity index (χ3n) is 2.22. The summed E-state index contributed by atoms with van der Waals surface area (Å²) in [5, 5.41) is 23.5. The normalized spacial score (nSPS) is 9.74. The molecule has 0 aliphatic heterocycles. The zero-order valence-corrected chi connectivity index (χ0v) is 11.1. The van der Waals surface area contributed by atoms with Crippen molar-refractivity contribution < 1.29 is 19.8 Å². The van der Waals surface area contributed by atoms with Crippen LogP contribution in [0.15, 0.2) is 18.2 Å². The number of carboxylic acids is 1. The molecule has 19 heavy (non-hydrogen) atoms. The van der Waals surface area contributed by atoms with Crippen LogP contribution in [0.2, 0.25) is 0 Å². The van der Waals surface area contributed by atoms with Crippen molar-refractivity contribution in [2.45, 2.75) is 19.8 Å². The van der Waals surface area contributed by atoms with E-state index in [2.05, 4.69) is 10.6 Å². The van der Waals surface area contributed by atoms with Crippen LogP contribution in [0.5, 0.6) is 5.75 Å². The molecule has 1 aromatic carbocycles. The summed E-state index contributed by atoms with van der Waals surface area (Å²) >= 11 is 4.91. The predicted octanol–water partition coefficient (Wildman–Crippen LogP) is 1.70. The molecule has 0 bridgehead atoms. The lowest BCUT2D eigenvalue weighted by Gasteiger charge is -2.10. The lowest BCUT2D eigenvalue weighted by molar-refractivity contribution is -0.119. The molecule has 7 heteroatoms. The fourth-order valence-electron chi connectivity index (χ4n) is 1.37. The Balaban J connectivity index is 2.68. The van der Waals surface area contributed by atoms with Crippen molar-refractivity contribution in [1.82, 2.24) is 5.32 Å². The van der Waals surface area contributed by atoms with Crippen molar-refractivity contribution in [1.29, 1.82) is 0 Å². The number of aromatic hydroxyl groups is 1. The molecule has 0 fully saturated rings. The molecular formula is C12H14N2O4S. The molecule has 0 aliphatic carbocycles. The maximum absolute atomic E-state index is 11.3. The fraction of sp³-hybridized carbons (Fsp3) is 0.250. The smallest absolute Gasteiger partial charge is 0.339 e. The largest absolute Gasteiger partial charge is 0.507 e. The van der Waals surface area contributed by atoms with Crippen LogP contribution < -0.4 is 10.6 Å². The van der Waals surface area contributed by atoms with Gasteiger partial charge in [0.05, 0.1) is 0 Å². The van der Waals surface area contributed by atoms with Gasteiger partial charge in [0.2, 0.25) is 5.91 Å². The fourth-order valence-corrected chi connectivity index (χ4v) is 1.60. The van der Waals surface area contributed by atoms with E-state index in [-0.39, 0.29) is 22.3 Å². The van der Waals surface area contributed by atoms with Gasteiger partial charge in [-0.15, -0.1) is 0 Å². The Morgan fingerprint density at radius 3 is 2.58 bits per heavy atom. The second kappa shape index (κ2) is 6.69. The summed E-state index contributed by atoms with van der Waals surface area (Å²) in [6, 6.07) is 3.92. The number of carbonyl (C=O) groups excluding carboxylic acids is 1. The van der Waals surface area contributed by atoms with Crippen LogP contribution in [0.4, 0.5) is 5.69 Å². The van der Waals surface area contributed by atoms with Crippen LogP contribution in [-0.4, -0.2) is 27.2 Å². The molecule has 6 nitrogen and oxygen atoms in total. The highest BCUT2D eigenvalue weighted by Gasteiger charge is 2.10. The van der Waals surface area contributed by atoms with Gasteiger partial charge in [0.25, 0.3) is 0 Å². The van der Waals surface area contributed by atoms with Gasteiger partial charge < -0.3 is 20.8 Å². The van der Waals surface area contributed by atoms with Crippen LogP contribution >= 0.6 is 12.2 Å². The van der Waals surface area contributed by atoms with Gasteiger partial charge in [0.15, 0.2) is 5.11 Å². The van der Waals surface area contributed by atoms with Gasteiger partial charge in [-0.2, -0.15) is 0 Å². The first-order valence-electron chi connectivity index (χ1n) is 5.61. The number of carbonyl (C=O) groups is 2. The molecule has 0 heterocycles. The molecule has 0 saturated carbocycles. The zero-order valence-electron chi connectivity index (χ0n) is 10.3. The number of carboxylic acid groups (broad SMARTS) is 1. The van der Waals surface area contributed by atoms with Crippen LogP contribution in [0, 0.1) is 0 Å². The van der Waals surface area contributed by atoms with E-state index in [0.29, 0.717) is 18.5 Å². The number of amides is 1. The van der Waals surface area contributed by atoms with E-state index < -0.39 is 5.97 Å². The highest BCUT2D eigenvalue weighted by molar-refractivity contribution is 7.80. The van der Waals surface area contributed by atoms with Gasteiger partial charge in [0.1, 0.15) is 11.3 Å². The number of aromatic carboxylic acids is 1. The molecule has 0 radical (unpaired) electrons. The van der Waals surface area contributed by atoms with E-state index in [1.54, 1.807) is 0 Å². The number of hydrogen-bond donors (Lipinski definition) is 4. The average Bonchev–Trinajstić information content (AvgIpc) is 2.28. The van der Waals surface area contributed by atoms with Crippen LogP contribution in [0.3, 0.4) is 0 Å². The minimum Gasteiger partial charge on any atom is -0.507 e. The van der Waals surface area contributed by atoms with E-state index in [4.69, 9.17) is 17.3 Å². The number of phenols is 1. The Labute approximate surface area is 115 Å². The van der Waals surface area contributed by atoms with Gasteiger partial charge >= 0.3 is 5.97 Å². The van der Waals surface area contributed by atoms with Gasteiger partial charge in [-0.05, 0) is 30.8 Å². The third-order valence-corrected chi connectivity index (χ3v) is 2.42. The first-order chi connectivity index (χ1) is 8.93. The summed E-state index contributed by atoms with van der Waals surface area (Å²) in [7, 11) is 0. The van der Waals surface area contributed by atoms with Gasteiger partial charge in [-0.25, -0.2) is 4.79 Å². The zero-order chi connectivity index (χ0) is 14.4. The van der Waals surface area contributed by atoms with Crippen molar-refractivity contribution >= 4 is 34.9 Å². The van der Waals surface area contributed by atoms with Crippen LogP contribution in [-0.2, 0) is 4.79 Å². The average molecular weight is 282 g/mol. The van der Waals surface area contributed by atoms with Crippen LogP contribution in [0.1, 0.15) is 30.1 Å². The minimum atomic E-state index is -1.22. The van der Waals surface area contributed by atoms with Crippen molar-refractivity contribution in [3.63, 3.8) is 0 Å². The van der Waals surface area contributed by atoms with Gasteiger partial charge in [-0.1, -0.05) is 6.92 Å². The second-order valence-corrected chi connectivity index (χ2v) is 4.20. The molecule has 0 spiro atoms. The van der Waals surface area contributed by atoms with E-state index in [1.165, 1.54) is 18.2 Å². The Bertz CT molecular complexity index is 516. The molecule has 1 rings (SSSR count). The quantitative estimate of drug-likeness (QED) is 0.627. The number of hydrogen-bond acceptors (Lipinski definition) is 4. The summed E-state index contributed by atoms with van der Waals surface area (Å²) in [6.07, 6.45) is 1.08. The van der Waals surface area contributed by atoms with E-state index >= 15 is 0 Å². The highest BCUT2D eigenvalue weighted by atomic mass is 32.1. The van der Waals surface area contributed by atoms with Crippen molar-refractivity contribution in [2.75, 3.05) is 5.32 Å². The first kappa shape index (κ1) is 14.9. The monoisotopic (exact) mass is 282 g/mol. The summed E-state index contributed by atoms with van der Waals surface area (Å²) in [5.41, 5.74) is 0.191. The lowest BCUT2D eigenvalue weighted by atomic mass is 10.2. The molecule has 0 atom stereocenters. The number of rotatable bonds is 4.